The minimum Gasteiger partial charge on any atom is -0.309 e. The summed E-state index contributed by atoms with van der Waals surface area (Å²) >= 11 is 7.67. The maximum absolute atomic E-state index is 13.6. The number of thiazole rings is 1. The summed E-state index contributed by atoms with van der Waals surface area (Å²) in [4.78, 5) is 19.0. The van der Waals surface area contributed by atoms with Gasteiger partial charge in [0.1, 0.15) is 0 Å². The number of hydrogen-bond donors (Lipinski definition) is 0. The van der Waals surface area contributed by atoms with Crippen molar-refractivity contribution in [1.29, 1.82) is 0 Å². The molecule has 0 aliphatic heterocycles. The van der Waals surface area contributed by atoms with Gasteiger partial charge in [0.2, 0.25) is 0 Å². The lowest BCUT2D eigenvalue weighted by molar-refractivity contribution is 1.09. The van der Waals surface area contributed by atoms with Crippen LogP contribution in [0.15, 0.2) is 120 Å². The fourth-order valence-corrected chi connectivity index (χ4v) is 6.07. The predicted molar refractivity (Wildman–Crippen MR) is 157 cm³/mol. The summed E-state index contributed by atoms with van der Waals surface area (Å²) in [5, 5.41) is 0.681. The number of fused-ring (bicyclic) bond motifs is 3. The predicted octanol–water partition coefficient (Wildman–Crippen LogP) is 7.24. The highest BCUT2D eigenvalue weighted by atomic mass is 35.5. The zero-order valence-electron chi connectivity index (χ0n) is 20.1. The summed E-state index contributed by atoms with van der Waals surface area (Å²) in [5.41, 5.74) is 7.70. The quantitative estimate of drug-likeness (QED) is 0.241. The summed E-state index contributed by atoms with van der Waals surface area (Å²) < 4.78 is 4.59. The number of aromatic nitrogens is 3. The van der Waals surface area contributed by atoms with E-state index in [-0.39, 0.29) is 5.56 Å². The molecule has 0 N–H and O–H groups in total. The van der Waals surface area contributed by atoms with E-state index < -0.39 is 0 Å². The van der Waals surface area contributed by atoms with Crippen LogP contribution in [0, 0.1) is 0 Å². The molecule has 0 fully saturated rings. The van der Waals surface area contributed by atoms with Crippen LogP contribution < -0.4 is 10.1 Å². The van der Waals surface area contributed by atoms with E-state index in [1.807, 2.05) is 91.0 Å². The highest BCUT2D eigenvalue weighted by Crippen LogP contribution is 2.36. The molecule has 3 aromatic heterocycles. The molecule has 4 aromatic carbocycles. The first-order valence-electron chi connectivity index (χ1n) is 12.2. The molecule has 182 valence electrons. The zero-order chi connectivity index (χ0) is 25.6. The van der Waals surface area contributed by atoms with Crippen LogP contribution in [0.1, 0.15) is 5.56 Å². The Balaban J connectivity index is 1.56. The average molecular weight is 530 g/mol. The number of benzene rings is 4. The van der Waals surface area contributed by atoms with E-state index in [9.17, 15) is 4.79 Å². The Hall–Kier alpha value is -4.45. The molecular weight excluding hydrogens is 510 g/mol. The van der Waals surface area contributed by atoms with Crippen LogP contribution in [0.25, 0.3) is 50.3 Å². The van der Waals surface area contributed by atoms with Crippen molar-refractivity contribution in [2.45, 2.75) is 0 Å². The standard InChI is InChI=1S/C32H20ClN3OS/c33-24-15-17-25(18-16-24)35-28(21-9-3-1-4-10-21)19-23(30(35)22-11-5-2-6-12-22)20-29-31(37)36-27-14-8-7-13-26(27)34-32(36)38-29/h1-20H/b29-20-. The molecule has 3 heterocycles. The molecule has 0 bridgehead atoms. The van der Waals surface area contributed by atoms with Crippen molar-refractivity contribution in [2.75, 3.05) is 0 Å². The summed E-state index contributed by atoms with van der Waals surface area (Å²) in [6.45, 7) is 0. The Morgan fingerprint density at radius 1 is 0.763 bits per heavy atom. The van der Waals surface area contributed by atoms with E-state index in [4.69, 9.17) is 11.6 Å². The van der Waals surface area contributed by atoms with Gasteiger partial charge in [0.05, 0.1) is 27.0 Å². The lowest BCUT2D eigenvalue weighted by Crippen LogP contribution is -2.22. The molecule has 4 nitrogen and oxygen atoms in total. The van der Waals surface area contributed by atoms with Gasteiger partial charge in [-0.2, -0.15) is 0 Å². The maximum atomic E-state index is 13.6. The van der Waals surface area contributed by atoms with Crippen molar-refractivity contribution in [2.24, 2.45) is 0 Å². The van der Waals surface area contributed by atoms with Crippen LogP contribution in [0.4, 0.5) is 0 Å². The van der Waals surface area contributed by atoms with Crippen LogP contribution in [0.5, 0.6) is 0 Å². The Labute approximate surface area is 227 Å². The lowest BCUT2D eigenvalue weighted by atomic mass is 10.1. The van der Waals surface area contributed by atoms with Crippen LogP contribution in [0.3, 0.4) is 0 Å². The minimum absolute atomic E-state index is 0.0572. The molecule has 0 unspecified atom stereocenters. The van der Waals surface area contributed by atoms with Crippen molar-refractivity contribution in [3.63, 3.8) is 0 Å². The van der Waals surface area contributed by atoms with Crippen LogP contribution in [-0.4, -0.2) is 14.0 Å². The second-order valence-corrected chi connectivity index (χ2v) is 10.5. The Morgan fingerprint density at radius 2 is 1.42 bits per heavy atom. The van der Waals surface area contributed by atoms with Crippen LogP contribution >= 0.6 is 22.9 Å². The second-order valence-electron chi connectivity index (χ2n) is 9.01. The zero-order valence-corrected chi connectivity index (χ0v) is 21.7. The molecule has 0 amide bonds. The van der Waals surface area contributed by atoms with Gasteiger partial charge in [-0.25, -0.2) is 9.38 Å². The van der Waals surface area contributed by atoms with Crippen molar-refractivity contribution in [1.82, 2.24) is 14.0 Å². The minimum atomic E-state index is -0.0572. The van der Waals surface area contributed by atoms with Gasteiger partial charge in [-0.1, -0.05) is 95.7 Å². The Kier molecular flexibility index (Phi) is 5.46. The number of nitrogens with zero attached hydrogens (tertiary/aromatic N) is 3. The van der Waals surface area contributed by atoms with Crippen molar-refractivity contribution in [3.8, 4) is 28.2 Å². The number of para-hydroxylation sites is 2. The molecule has 0 radical (unpaired) electrons. The summed E-state index contributed by atoms with van der Waals surface area (Å²) in [7, 11) is 0. The monoisotopic (exact) mass is 529 g/mol. The van der Waals surface area contributed by atoms with Crippen LogP contribution in [0.2, 0.25) is 5.02 Å². The van der Waals surface area contributed by atoms with Gasteiger partial charge in [0, 0.05) is 16.3 Å². The van der Waals surface area contributed by atoms with Gasteiger partial charge in [-0.3, -0.25) is 4.79 Å². The Morgan fingerprint density at radius 3 is 2.16 bits per heavy atom. The molecule has 0 aliphatic carbocycles. The van der Waals surface area contributed by atoms with Gasteiger partial charge in [0.25, 0.3) is 5.56 Å². The number of rotatable bonds is 4. The number of halogens is 1. The van der Waals surface area contributed by atoms with E-state index in [0.29, 0.717) is 14.5 Å². The number of hydrogen-bond acceptors (Lipinski definition) is 3. The highest BCUT2D eigenvalue weighted by Gasteiger charge is 2.19. The second kappa shape index (κ2) is 9.14. The molecule has 0 spiro atoms. The average Bonchev–Trinajstić information content (AvgIpc) is 3.61. The first-order chi connectivity index (χ1) is 18.7. The van der Waals surface area contributed by atoms with Gasteiger partial charge >= 0.3 is 0 Å². The molecule has 7 aromatic rings. The van der Waals surface area contributed by atoms with E-state index in [2.05, 4.69) is 39.9 Å². The normalized spacial score (nSPS) is 12.1. The SMILES string of the molecule is O=c1/c(=C/c2cc(-c3ccccc3)n(-c3ccc(Cl)cc3)c2-c2ccccc2)sc2nc3ccccc3n12. The van der Waals surface area contributed by atoms with Gasteiger partial charge in [-0.15, -0.1) is 0 Å². The summed E-state index contributed by atoms with van der Waals surface area (Å²) in [6, 6.07) is 38.3. The smallest absolute Gasteiger partial charge is 0.274 e. The first kappa shape index (κ1) is 22.7. The molecule has 7 rings (SSSR count). The molecule has 0 aliphatic rings. The van der Waals surface area contributed by atoms with E-state index in [1.165, 1.54) is 11.3 Å². The third-order valence-corrected chi connectivity index (χ3v) is 7.88. The first-order valence-corrected chi connectivity index (χ1v) is 13.4. The van der Waals surface area contributed by atoms with Gasteiger partial charge in [0.15, 0.2) is 4.96 Å². The molecule has 0 atom stereocenters. The van der Waals surface area contributed by atoms with Crippen LogP contribution in [-0.2, 0) is 0 Å². The molecule has 6 heteroatoms. The van der Waals surface area contributed by atoms with E-state index in [1.54, 1.807) is 4.40 Å². The van der Waals surface area contributed by atoms with Gasteiger partial charge < -0.3 is 4.57 Å². The third kappa shape index (κ3) is 3.76. The van der Waals surface area contributed by atoms with Crippen molar-refractivity contribution in [3.05, 3.63) is 141 Å². The van der Waals surface area contributed by atoms with Crippen molar-refractivity contribution >= 4 is 45.0 Å². The highest BCUT2D eigenvalue weighted by molar-refractivity contribution is 7.15. The topological polar surface area (TPSA) is 39.3 Å². The van der Waals surface area contributed by atoms with Crippen molar-refractivity contribution < 1.29 is 0 Å². The summed E-state index contributed by atoms with van der Waals surface area (Å²) in [5.74, 6) is 0. The maximum Gasteiger partial charge on any atom is 0.274 e. The third-order valence-electron chi connectivity index (χ3n) is 6.66. The van der Waals surface area contributed by atoms with Gasteiger partial charge in [-0.05, 0) is 59.7 Å². The number of imidazole rings is 1. The molecule has 0 saturated heterocycles. The fourth-order valence-electron chi connectivity index (χ4n) is 4.96. The molecular formula is C32H20ClN3OS. The summed E-state index contributed by atoms with van der Waals surface area (Å²) in [6.07, 6.45) is 2.00. The van der Waals surface area contributed by atoms with E-state index in [0.717, 1.165) is 44.8 Å². The Bertz CT molecular complexity index is 2040. The largest absolute Gasteiger partial charge is 0.309 e. The lowest BCUT2D eigenvalue weighted by Gasteiger charge is -2.15. The molecule has 0 saturated carbocycles. The van der Waals surface area contributed by atoms with E-state index >= 15 is 0 Å². The molecule has 38 heavy (non-hydrogen) atoms. The fraction of sp³-hybridized carbons (Fsp3) is 0.